The highest BCUT2D eigenvalue weighted by atomic mass is 16.5. The SMILES string of the molecule is CC.CCNC(=O)NC(C)COCC.COCC(C)N. The van der Waals surface area contributed by atoms with Crippen LogP contribution >= 0.6 is 0 Å². The standard InChI is InChI=1S/C8H18N2O2.C4H11NO.C2H6/c1-4-9-8(11)10-7(3)6-12-5-2;1-4(5)3-6-2;1-2/h7H,4-6H2,1-3H3,(H2,9,10,11);4H,3,5H2,1-2H3;1-2H3. The summed E-state index contributed by atoms with van der Waals surface area (Å²) in [5.41, 5.74) is 5.28. The lowest BCUT2D eigenvalue weighted by molar-refractivity contribution is 0.128. The quantitative estimate of drug-likeness (QED) is 0.667. The van der Waals surface area contributed by atoms with Gasteiger partial charge in [0.2, 0.25) is 0 Å². The summed E-state index contributed by atoms with van der Waals surface area (Å²) in [7, 11) is 1.64. The summed E-state index contributed by atoms with van der Waals surface area (Å²) in [4.78, 5) is 10.9. The van der Waals surface area contributed by atoms with E-state index in [1.54, 1.807) is 7.11 Å². The Morgan fingerprint density at radius 3 is 2.05 bits per heavy atom. The molecule has 4 N–H and O–H groups in total. The molecule has 0 aliphatic rings. The van der Waals surface area contributed by atoms with Crippen LogP contribution < -0.4 is 16.4 Å². The van der Waals surface area contributed by atoms with Crippen molar-refractivity contribution < 1.29 is 14.3 Å². The molecule has 0 aliphatic carbocycles. The molecular weight excluding hydrogens is 258 g/mol. The number of hydrogen-bond acceptors (Lipinski definition) is 4. The largest absolute Gasteiger partial charge is 0.383 e. The molecule has 0 saturated carbocycles. The molecule has 0 aromatic heterocycles. The number of rotatable bonds is 7. The van der Waals surface area contributed by atoms with Crippen molar-refractivity contribution in [3.05, 3.63) is 0 Å². The van der Waals surface area contributed by atoms with E-state index in [9.17, 15) is 4.79 Å². The monoisotopic (exact) mass is 293 g/mol. The van der Waals surface area contributed by atoms with Crippen LogP contribution in [-0.2, 0) is 9.47 Å². The molecule has 0 aliphatic heterocycles. The Morgan fingerprint density at radius 1 is 1.20 bits per heavy atom. The average Bonchev–Trinajstić information content (AvgIpc) is 2.39. The number of hydrogen-bond donors (Lipinski definition) is 3. The van der Waals surface area contributed by atoms with Gasteiger partial charge in [-0.15, -0.1) is 0 Å². The van der Waals surface area contributed by atoms with Gasteiger partial charge in [-0.2, -0.15) is 0 Å². The van der Waals surface area contributed by atoms with E-state index < -0.39 is 0 Å². The number of amides is 2. The van der Waals surface area contributed by atoms with E-state index in [1.807, 2.05) is 41.5 Å². The van der Waals surface area contributed by atoms with Gasteiger partial charge in [0.05, 0.1) is 19.3 Å². The predicted molar refractivity (Wildman–Crippen MR) is 85.0 cm³/mol. The number of methoxy groups -OCH3 is 1. The maximum Gasteiger partial charge on any atom is 0.315 e. The van der Waals surface area contributed by atoms with Crippen molar-refractivity contribution in [1.82, 2.24) is 10.6 Å². The number of carbonyl (C=O) groups is 1. The summed E-state index contributed by atoms with van der Waals surface area (Å²) in [5.74, 6) is 0. The van der Waals surface area contributed by atoms with Crippen LogP contribution in [-0.4, -0.2) is 51.6 Å². The Kier molecular flexibility index (Phi) is 24.8. The number of ether oxygens (including phenoxy) is 2. The molecular formula is C14H35N3O3. The van der Waals surface area contributed by atoms with Crippen LogP contribution in [0.4, 0.5) is 4.79 Å². The van der Waals surface area contributed by atoms with Crippen molar-refractivity contribution in [2.75, 3.05) is 33.5 Å². The summed E-state index contributed by atoms with van der Waals surface area (Å²) in [6.07, 6.45) is 0. The highest BCUT2D eigenvalue weighted by Gasteiger charge is 2.04. The Labute approximate surface area is 124 Å². The summed E-state index contributed by atoms with van der Waals surface area (Å²) in [5, 5.41) is 5.39. The minimum atomic E-state index is -0.135. The van der Waals surface area contributed by atoms with Gasteiger partial charge in [-0.05, 0) is 27.7 Å². The molecule has 2 atom stereocenters. The van der Waals surface area contributed by atoms with Crippen molar-refractivity contribution in [2.45, 2.75) is 53.6 Å². The Morgan fingerprint density at radius 2 is 1.75 bits per heavy atom. The predicted octanol–water partition coefficient (Wildman–Crippen LogP) is 1.74. The first kappa shape index (κ1) is 24.2. The van der Waals surface area contributed by atoms with Crippen LogP contribution in [0.5, 0.6) is 0 Å². The van der Waals surface area contributed by atoms with E-state index in [1.165, 1.54) is 0 Å². The van der Waals surface area contributed by atoms with Gasteiger partial charge in [0, 0.05) is 26.3 Å². The lowest BCUT2D eigenvalue weighted by Crippen LogP contribution is -2.42. The van der Waals surface area contributed by atoms with Crippen LogP contribution in [0.1, 0.15) is 41.5 Å². The van der Waals surface area contributed by atoms with E-state index >= 15 is 0 Å². The van der Waals surface area contributed by atoms with Gasteiger partial charge < -0.3 is 25.8 Å². The number of carbonyl (C=O) groups excluding carboxylic acids is 1. The molecule has 6 nitrogen and oxygen atoms in total. The van der Waals surface area contributed by atoms with Gasteiger partial charge >= 0.3 is 6.03 Å². The first-order chi connectivity index (χ1) is 9.47. The summed E-state index contributed by atoms with van der Waals surface area (Å²) < 4.78 is 9.81. The lowest BCUT2D eigenvalue weighted by Gasteiger charge is -2.13. The minimum Gasteiger partial charge on any atom is -0.383 e. The van der Waals surface area contributed by atoms with Gasteiger partial charge in [-0.25, -0.2) is 4.79 Å². The molecule has 0 saturated heterocycles. The molecule has 0 spiro atoms. The molecule has 20 heavy (non-hydrogen) atoms. The fraction of sp³-hybridized carbons (Fsp3) is 0.929. The van der Waals surface area contributed by atoms with Gasteiger partial charge in [-0.1, -0.05) is 13.8 Å². The van der Waals surface area contributed by atoms with E-state index in [2.05, 4.69) is 15.4 Å². The molecule has 0 bridgehead atoms. The number of urea groups is 1. The number of nitrogens with one attached hydrogen (secondary N) is 2. The summed E-state index contributed by atoms with van der Waals surface area (Å²) in [6, 6.07) is 0.108. The van der Waals surface area contributed by atoms with E-state index in [0.29, 0.717) is 26.4 Å². The molecule has 124 valence electrons. The van der Waals surface area contributed by atoms with Crippen molar-refractivity contribution in [1.29, 1.82) is 0 Å². The minimum absolute atomic E-state index is 0.0662. The zero-order chi connectivity index (χ0) is 16.4. The normalized spacial score (nSPS) is 12.0. The third-order valence-electron chi connectivity index (χ3n) is 1.72. The Bertz CT molecular complexity index is 191. The van der Waals surface area contributed by atoms with E-state index in [4.69, 9.17) is 10.5 Å². The third-order valence-corrected chi connectivity index (χ3v) is 1.72. The van der Waals surface area contributed by atoms with Crippen molar-refractivity contribution in [2.24, 2.45) is 5.73 Å². The van der Waals surface area contributed by atoms with Gasteiger partial charge in [0.1, 0.15) is 0 Å². The fourth-order valence-electron chi connectivity index (χ4n) is 1.03. The maximum absolute atomic E-state index is 10.9. The van der Waals surface area contributed by atoms with Crippen LogP contribution in [0.3, 0.4) is 0 Å². The second-order valence-electron chi connectivity index (χ2n) is 4.00. The first-order valence-corrected chi connectivity index (χ1v) is 7.34. The second kappa shape index (κ2) is 20.5. The zero-order valence-electron chi connectivity index (χ0n) is 14.3. The van der Waals surface area contributed by atoms with Gasteiger partial charge in [-0.3, -0.25) is 0 Å². The topological polar surface area (TPSA) is 85.6 Å². The molecule has 0 fully saturated rings. The van der Waals surface area contributed by atoms with Crippen LogP contribution in [0, 0.1) is 0 Å². The highest BCUT2D eigenvalue weighted by molar-refractivity contribution is 5.74. The van der Waals surface area contributed by atoms with Crippen molar-refractivity contribution in [3.63, 3.8) is 0 Å². The smallest absolute Gasteiger partial charge is 0.315 e. The average molecular weight is 293 g/mol. The molecule has 0 radical (unpaired) electrons. The molecule has 2 amide bonds. The zero-order valence-corrected chi connectivity index (χ0v) is 14.3. The van der Waals surface area contributed by atoms with Gasteiger partial charge in [0.25, 0.3) is 0 Å². The number of nitrogens with two attached hydrogens (primary N) is 1. The molecule has 0 aromatic rings. The van der Waals surface area contributed by atoms with E-state index in [-0.39, 0.29) is 18.1 Å². The van der Waals surface area contributed by atoms with Gasteiger partial charge in [0.15, 0.2) is 0 Å². The third kappa shape index (κ3) is 25.9. The van der Waals surface area contributed by atoms with E-state index in [0.717, 1.165) is 0 Å². The fourth-order valence-corrected chi connectivity index (χ4v) is 1.03. The molecule has 0 rings (SSSR count). The van der Waals surface area contributed by atoms with Crippen LogP contribution in [0.25, 0.3) is 0 Å². The molecule has 6 heteroatoms. The first-order valence-electron chi connectivity index (χ1n) is 7.34. The maximum atomic E-state index is 10.9. The second-order valence-corrected chi connectivity index (χ2v) is 4.00. The molecule has 0 aromatic carbocycles. The lowest BCUT2D eigenvalue weighted by atomic mass is 10.4. The van der Waals surface area contributed by atoms with Crippen LogP contribution in [0.15, 0.2) is 0 Å². The Balaban J connectivity index is -0.000000304. The van der Waals surface area contributed by atoms with Crippen molar-refractivity contribution in [3.8, 4) is 0 Å². The Hall–Kier alpha value is -0.850. The molecule has 0 heterocycles. The molecule has 2 unspecified atom stereocenters. The highest BCUT2D eigenvalue weighted by Crippen LogP contribution is 1.83. The summed E-state index contributed by atoms with van der Waals surface area (Å²) in [6.45, 7) is 14.2. The summed E-state index contributed by atoms with van der Waals surface area (Å²) >= 11 is 0. The van der Waals surface area contributed by atoms with Crippen molar-refractivity contribution >= 4 is 6.03 Å². The van der Waals surface area contributed by atoms with Crippen LogP contribution in [0.2, 0.25) is 0 Å².